The molecular formula is C5H7ClN2O3S. The van der Waals surface area contributed by atoms with E-state index in [9.17, 15) is 8.42 Å². The second-order valence-corrected chi connectivity index (χ2v) is 3.36. The highest BCUT2D eigenvalue weighted by Gasteiger charge is 2.10. The summed E-state index contributed by atoms with van der Waals surface area (Å²) in [7, 11) is -4.19. The van der Waals surface area contributed by atoms with E-state index in [-0.39, 0.29) is 12.4 Å². The third kappa shape index (κ3) is 2.72. The molecule has 1 rings (SSSR count). The highest BCUT2D eigenvalue weighted by molar-refractivity contribution is 7.85. The number of hydrogen-bond donors (Lipinski definition) is 1. The van der Waals surface area contributed by atoms with E-state index in [2.05, 4.69) is 10.2 Å². The summed E-state index contributed by atoms with van der Waals surface area (Å²) in [6, 6.07) is 2.65. The molecule has 0 aromatic carbocycles. The molecule has 0 amide bonds. The fourth-order valence-corrected chi connectivity index (χ4v) is 0.908. The van der Waals surface area contributed by atoms with Crippen LogP contribution in [0.2, 0.25) is 0 Å². The zero-order chi connectivity index (χ0) is 8.48. The van der Waals surface area contributed by atoms with Gasteiger partial charge in [-0.2, -0.15) is 13.5 Å². The number of aryl methyl sites for hydroxylation is 1. The SMILES string of the molecule is Cc1ccc(S(=O)(=O)O)nn1.Cl. The monoisotopic (exact) mass is 210 g/mol. The first-order valence-corrected chi connectivity index (χ1v) is 4.22. The largest absolute Gasteiger partial charge is 0.314 e. The van der Waals surface area contributed by atoms with Crippen molar-refractivity contribution in [1.29, 1.82) is 0 Å². The topological polar surface area (TPSA) is 80.2 Å². The van der Waals surface area contributed by atoms with Gasteiger partial charge in [0.25, 0.3) is 0 Å². The van der Waals surface area contributed by atoms with Crippen LogP contribution in [-0.2, 0) is 10.1 Å². The highest BCUT2D eigenvalue weighted by atomic mass is 35.5. The molecule has 0 atom stereocenters. The Morgan fingerprint density at radius 3 is 2.25 bits per heavy atom. The second kappa shape index (κ2) is 3.79. The first-order chi connectivity index (χ1) is 5.00. The molecule has 0 unspecified atom stereocenters. The summed E-state index contributed by atoms with van der Waals surface area (Å²) in [6.07, 6.45) is 0. The molecule has 0 saturated heterocycles. The van der Waals surface area contributed by atoms with Gasteiger partial charge >= 0.3 is 10.1 Å². The molecule has 7 heteroatoms. The van der Waals surface area contributed by atoms with Gasteiger partial charge in [0, 0.05) is 0 Å². The van der Waals surface area contributed by atoms with Gasteiger partial charge in [0.05, 0.1) is 5.69 Å². The molecule has 0 bridgehead atoms. The molecule has 0 aliphatic carbocycles. The van der Waals surface area contributed by atoms with Gasteiger partial charge in [0.1, 0.15) is 0 Å². The van der Waals surface area contributed by atoms with Gasteiger partial charge in [-0.15, -0.1) is 17.5 Å². The van der Waals surface area contributed by atoms with E-state index in [1.165, 1.54) is 12.1 Å². The van der Waals surface area contributed by atoms with Crippen molar-refractivity contribution in [3.05, 3.63) is 17.8 Å². The Bertz CT molecular complexity index is 347. The number of nitrogens with zero attached hydrogens (tertiary/aromatic N) is 2. The van der Waals surface area contributed by atoms with Crippen LogP contribution in [0.5, 0.6) is 0 Å². The van der Waals surface area contributed by atoms with Crippen molar-refractivity contribution in [2.24, 2.45) is 0 Å². The summed E-state index contributed by atoms with van der Waals surface area (Å²) in [5, 5.41) is 6.29. The molecule has 1 aromatic heterocycles. The molecule has 0 radical (unpaired) electrons. The number of aromatic nitrogens is 2. The lowest BCUT2D eigenvalue weighted by atomic mass is 10.4. The van der Waals surface area contributed by atoms with E-state index in [4.69, 9.17) is 4.55 Å². The predicted molar refractivity (Wildman–Crippen MR) is 43.8 cm³/mol. The summed E-state index contributed by atoms with van der Waals surface area (Å²) in [5.41, 5.74) is 0.595. The summed E-state index contributed by atoms with van der Waals surface area (Å²) >= 11 is 0. The first-order valence-electron chi connectivity index (χ1n) is 2.78. The van der Waals surface area contributed by atoms with Gasteiger partial charge in [-0.05, 0) is 19.1 Å². The van der Waals surface area contributed by atoms with Crippen LogP contribution in [0.25, 0.3) is 0 Å². The lowest BCUT2D eigenvalue weighted by Crippen LogP contribution is -2.02. The molecule has 1 heterocycles. The average molecular weight is 211 g/mol. The van der Waals surface area contributed by atoms with Crippen molar-refractivity contribution in [2.75, 3.05) is 0 Å². The van der Waals surface area contributed by atoms with Crippen molar-refractivity contribution in [1.82, 2.24) is 10.2 Å². The quantitative estimate of drug-likeness (QED) is 0.681. The van der Waals surface area contributed by atoms with E-state index in [0.717, 1.165) is 0 Å². The van der Waals surface area contributed by atoms with Crippen molar-refractivity contribution in [2.45, 2.75) is 11.9 Å². The second-order valence-electron chi connectivity index (χ2n) is 1.99. The molecule has 0 aliphatic heterocycles. The summed E-state index contributed by atoms with van der Waals surface area (Å²) in [5.74, 6) is 0. The Balaban J connectivity index is 0.00000121. The molecule has 1 N–H and O–H groups in total. The van der Waals surface area contributed by atoms with E-state index >= 15 is 0 Å². The Kier molecular flexibility index (Phi) is 3.56. The van der Waals surface area contributed by atoms with Gasteiger partial charge in [0.2, 0.25) is 5.03 Å². The lowest BCUT2D eigenvalue weighted by molar-refractivity contribution is 0.477. The number of hydrogen-bond acceptors (Lipinski definition) is 4. The third-order valence-corrected chi connectivity index (χ3v) is 1.78. The zero-order valence-corrected chi connectivity index (χ0v) is 7.76. The summed E-state index contributed by atoms with van der Waals surface area (Å²) in [4.78, 5) is 0. The Morgan fingerprint density at radius 1 is 1.33 bits per heavy atom. The molecule has 12 heavy (non-hydrogen) atoms. The smallest absolute Gasteiger partial charge is 0.281 e. The molecule has 1 aromatic rings. The van der Waals surface area contributed by atoms with Crippen molar-refractivity contribution in [3.8, 4) is 0 Å². The van der Waals surface area contributed by atoms with Crippen LogP contribution in [0.15, 0.2) is 17.2 Å². The Morgan fingerprint density at radius 2 is 1.92 bits per heavy atom. The first kappa shape index (κ1) is 11.3. The van der Waals surface area contributed by atoms with Crippen molar-refractivity contribution < 1.29 is 13.0 Å². The van der Waals surface area contributed by atoms with Gasteiger partial charge < -0.3 is 0 Å². The van der Waals surface area contributed by atoms with Crippen LogP contribution < -0.4 is 0 Å². The molecule has 0 spiro atoms. The molecule has 5 nitrogen and oxygen atoms in total. The van der Waals surface area contributed by atoms with Crippen LogP contribution in [-0.4, -0.2) is 23.2 Å². The molecule has 0 aliphatic rings. The molecule has 0 fully saturated rings. The minimum Gasteiger partial charge on any atom is -0.281 e. The Labute approximate surface area is 76.0 Å². The maximum Gasteiger partial charge on any atom is 0.314 e. The summed E-state index contributed by atoms with van der Waals surface area (Å²) < 4.78 is 29.2. The van der Waals surface area contributed by atoms with Gasteiger partial charge in [-0.3, -0.25) is 4.55 Å². The van der Waals surface area contributed by atoms with E-state index in [1.807, 2.05) is 0 Å². The van der Waals surface area contributed by atoms with E-state index in [0.29, 0.717) is 5.69 Å². The fourth-order valence-electron chi connectivity index (χ4n) is 0.524. The van der Waals surface area contributed by atoms with Crippen LogP contribution >= 0.6 is 12.4 Å². The number of rotatable bonds is 1. The Hall–Kier alpha value is -0.720. The third-order valence-electron chi connectivity index (χ3n) is 1.04. The standard InChI is InChI=1S/C5H6N2O3S.ClH/c1-4-2-3-5(7-6-4)11(8,9)10;/h2-3H,1H3,(H,8,9,10);1H. The van der Waals surface area contributed by atoms with E-state index < -0.39 is 15.1 Å². The predicted octanol–water partition coefficient (Wildman–Crippen LogP) is 0.454. The summed E-state index contributed by atoms with van der Waals surface area (Å²) in [6.45, 7) is 1.67. The lowest BCUT2D eigenvalue weighted by Gasteiger charge is -1.93. The molecule has 68 valence electrons. The van der Waals surface area contributed by atoms with Crippen molar-refractivity contribution >= 4 is 22.5 Å². The van der Waals surface area contributed by atoms with Gasteiger partial charge in [-0.25, -0.2) is 0 Å². The minimum absolute atomic E-state index is 0. The number of halogens is 1. The maximum absolute atomic E-state index is 10.4. The zero-order valence-electron chi connectivity index (χ0n) is 6.13. The molecule has 0 saturated carbocycles. The van der Waals surface area contributed by atoms with Crippen LogP contribution in [0, 0.1) is 6.92 Å². The normalized spacial score (nSPS) is 10.5. The van der Waals surface area contributed by atoms with Gasteiger partial charge in [-0.1, -0.05) is 0 Å². The average Bonchev–Trinajstić information content (AvgIpc) is 1.86. The molecular weight excluding hydrogens is 204 g/mol. The minimum atomic E-state index is -4.19. The van der Waals surface area contributed by atoms with Crippen LogP contribution in [0.4, 0.5) is 0 Å². The highest BCUT2D eigenvalue weighted by Crippen LogP contribution is 2.01. The fraction of sp³-hybridized carbons (Fsp3) is 0.200. The van der Waals surface area contributed by atoms with Crippen LogP contribution in [0.3, 0.4) is 0 Å². The van der Waals surface area contributed by atoms with Crippen LogP contribution in [0.1, 0.15) is 5.69 Å². The maximum atomic E-state index is 10.4. The van der Waals surface area contributed by atoms with Crippen molar-refractivity contribution in [3.63, 3.8) is 0 Å². The van der Waals surface area contributed by atoms with E-state index in [1.54, 1.807) is 6.92 Å². The van der Waals surface area contributed by atoms with Gasteiger partial charge in [0.15, 0.2) is 0 Å².